The Balaban J connectivity index is 0.000000370. The topological polar surface area (TPSA) is 822 Å². The lowest BCUT2D eigenvalue weighted by atomic mass is 9.93. The summed E-state index contributed by atoms with van der Waals surface area (Å²) < 4.78 is 98.2. The van der Waals surface area contributed by atoms with Crippen LogP contribution in [0.2, 0.25) is 0 Å². The van der Waals surface area contributed by atoms with Crippen molar-refractivity contribution >= 4 is 5.91 Å². The van der Waals surface area contributed by atoms with Gasteiger partial charge in [0, 0.05) is 6.92 Å². The Kier molecular flexibility index (Phi) is 56.1. The quantitative estimate of drug-likeness (QED) is 0.0290. The average Bonchev–Trinajstić information content (AvgIpc) is 0.780. The third kappa shape index (κ3) is 42.0. The minimum Gasteiger partial charge on any atom is -0.394 e. The first kappa shape index (κ1) is 133. The number of rotatable bonds is 33. The number of nitrogens with one attached hydrogen (secondary N) is 1. The Hall–Kier alpha value is -2.49. The van der Waals surface area contributed by atoms with Gasteiger partial charge in [-0.15, -0.1) is 0 Å². The molecule has 0 unspecified atom stereocenters. The Morgan fingerprint density at radius 3 is 0.720 bits per heavy atom. The zero-order chi connectivity index (χ0) is 109. The summed E-state index contributed by atoms with van der Waals surface area (Å²) in [6.07, 6.45) is -55.0. The minimum atomic E-state index is -1.82. The van der Waals surface area contributed by atoms with Crippen molar-refractivity contribution in [3.63, 3.8) is 0 Å². The van der Waals surface area contributed by atoms with Gasteiger partial charge in [0.2, 0.25) is 5.91 Å². The van der Waals surface area contributed by atoms with Crippen molar-refractivity contribution in [2.45, 2.75) is 453 Å². The number of amides is 1. The lowest BCUT2D eigenvalue weighted by Gasteiger charge is -2.46. The van der Waals surface area contributed by atoms with Gasteiger partial charge >= 0.3 is 0 Å². The van der Waals surface area contributed by atoms with E-state index in [0.29, 0.717) is 39.3 Å². The second-order valence-electron chi connectivity index (χ2n) is 44.5. The van der Waals surface area contributed by atoms with Crippen LogP contribution in [0.3, 0.4) is 0 Å². The third-order valence-corrected chi connectivity index (χ3v) is 24.6. The molecule has 45 atom stereocenters. The number of hydrogen-bond acceptors (Lipinski definition) is 50. The van der Waals surface area contributed by atoms with Gasteiger partial charge in [0.05, 0.1) is 98.6 Å². The number of carbonyl (C=O) groups excluding carboxylic acids is 1. The largest absolute Gasteiger partial charge is 0.394 e. The molecule has 0 saturated carbocycles. The van der Waals surface area contributed by atoms with Gasteiger partial charge in [-0.2, -0.15) is 0 Å². The summed E-state index contributed by atoms with van der Waals surface area (Å²) in [7, 11) is 0. The van der Waals surface area contributed by atoms with E-state index in [1.54, 1.807) is 6.92 Å². The normalized spacial score (nSPS) is 41.2. The van der Waals surface area contributed by atoms with E-state index in [4.69, 9.17) is 95.5 Å². The lowest BCUT2D eigenvalue weighted by Crippen LogP contribution is -2.65. The van der Waals surface area contributed by atoms with Crippen LogP contribution in [0.1, 0.15) is 177 Å². The van der Waals surface area contributed by atoms with Gasteiger partial charge in [-0.1, -0.05) is 125 Å². The van der Waals surface area contributed by atoms with E-state index in [2.05, 4.69) is 88.4 Å². The molecule has 143 heavy (non-hydrogen) atoms. The fourth-order valence-corrected chi connectivity index (χ4v) is 14.8. The molecule has 0 aromatic rings. The molecule has 1 amide bonds. The standard InChI is InChI=1S/C24H44O16.C18H34O11.C14H27NO6.2C12H24O6.C12H24O5/c1-24(2,3)4-5-35-22-19(34)20(40-23-18(33)16(31)13(28)10(7-26)38-23)14(29)11(39-22)8-36-21-17(32)15(30)12(27)9(6-25)37-21;1-18(2,3)4-5-26-17-15(13(24)11(22)9(7-20)28-17)29-16-14(25)12(23)10(21)8(6-19)27-16;1-8(17)15-10-12(19)11(18)9(7-16)21-13(10)20-6-5-14(2,3)4;2*1-12(2,3)4-5-17-11-10(16)9(15)8(14)7(6-13)18-11;1-7-8(13)9(14)10(15)11(17-7)16-6-5-12(2,3)4/h9-23,25-34H,4-8H2,1-3H3;8-17,19-25H,4-7H2,1-3H3;9-13,16,18-19H,5-7H2,1-4H3,(H,15,17);2*7-11,13-16H,4-6H2,1-3H3;7-11,13-15H,5-6H2,1-4H3/t9-,10-,11-,12-,13-,14-,15+,16+,17+,18+,19+,20+,21+,22+,23-;8-,9-,10-,11-,12+,13+,14+,15+,16-,17+;9-,10-,11-,12-,13-;7-,8-,9+,10+,11+;7-,8-,9+,10-,11+;7-,8+,9+,10-,11-/m111110/s1. The summed E-state index contributed by atoms with van der Waals surface area (Å²) >= 11 is 0. The molecule has 0 aromatic heterocycles. The summed E-state index contributed by atoms with van der Waals surface area (Å²) in [6.45, 7) is 37.2. The highest BCUT2D eigenvalue weighted by atomic mass is 16.8. The van der Waals surface area contributed by atoms with E-state index < -0.39 is 329 Å². The number of aliphatic hydroxyl groups is 31. The highest BCUT2D eigenvalue weighted by Gasteiger charge is 2.56. The summed E-state index contributed by atoms with van der Waals surface area (Å²) in [5, 5.41) is 307. The van der Waals surface area contributed by atoms with Crippen LogP contribution in [0.25, 0.3) is 0 Å². The molecule has 850 valence electrons. The minimum absolute atomic E-state index is 0.0448. The lowest BCUT2D eigenvalue weighted by molar-refractivity contribution is -0.367. The van der Waals surface area contributed by atoms with Crippen LogP contribution in [0, 0.1) is 32.5 Å². The fraction of sp³-hybridized carbons (Fsp3) is 0.989. The van der Waals surface area contributed by atoms with Crippen molar-refractivity contribution in [3.8, 4) is 0 Å². The van der Waals surface area contributed by atoms with Crippen LogP contribution < -0.4 is 5.32 Å². The number of hydrogen-bond donors (Lipinski definition) is 32. The van der Waals surface area contributed by atoms with Crippen LogP contribution in [0.5, 0.6) is 0 Å². The molecule has 9 saturated heterocycles. The van der Waals surface area contributed by atoms with Crippen molar-refractivity contribution < 1.29 is 248 Å². The van der Waals surface area contributed by atoms with Crippen LogP contribution in [0.4, 0.5) is 0 Å². The van der Waals surface area contributed by atoms with Crippen molar-refractivity contribution in [2.75, 3.05) is 92.5 Å². The second-order valence-corrected chi connectivity index (χ2v) is 44.5. The Bertz CT molecular complexity index is 3370. The Morgan fingerprint density at radius 2 is 0.434 bits per heavy atom. The van der Waals surface area contributed by atoms with Gasteiger partial charge in [0.15, 0.2) is 56.6 Å². The number of ether oxygens (including phenoxy) is 18. The van der Waals surface area contributed by atoms with E-state index in [9.17, 15) is 153 Å². The van der Waals surface area contributed by atoms with Gasteiger partial charge in [-0.25, -0.2) is 0 Å². The van der Waals surface area contributed by atoms with E-state index in [-0.39, 0.29) is 51.6 Å². The molecule has 9 heterocycles. The summed E-state index contributed by atoms with van der Waals surface area (Å²) in [5.41, 5.74) is 0.228. The molecule has 9 aliphatic rings. The molecule has 9 rings (SSSR count). The number of carbonyl (C=O) groups is 1. The molecule has 9 fully saturated rings. The summed E-state index contributed by atoms with van der Waals surface area (Å²) in [6, 6.07) is -0.875. The fourth-order valence-electron chi connectivity index (χ4n) is 14.8. The smallest absolute Gasteiger partial charge is 0.217 e. The summed E-state index contributed by atoms with van der Waals surface area (Å²) in [5.74, 6) is -0.360. The van der Waals surface area contributed by atoms with Crippen LogP contribution in [-0.2, 0) is 90.1 Å². The molecule has 51 nitrogen and oxygen atoms in total. The van der Waals surface area contributed by atoms with Crippen molar-refractivity contribution in [3.05, 3.63) is 0 Å². The van der Waals surface area contributed by atoms with Gasteiger partial charge in [0.25, 0.3) is 0 Å². The van der Waals surface area contributed by atoms with E-state index >= 15 is 0 Å². The highest BCUT2D eigenvalue weighted by Crippen LogP contribution is 2.37. The molecule has 0 aliphatic carbocycles. The predicted molar refractivity (Wildman–Crippen MR) is 491 cm³/mol. The van der Waals surface area contributed by atoms with E-state index in [1.807, 2.05) is 41.5 Å². The molecule has 0 bridgehead atoms. The maximum atomic E-state index is 11.2. The summed E-state index contributed by atoms with van der Waals surface area (Å²) in [4.78, 5) is 11.2. The van der Waals surface area contributed by atoms with E-state index in [0.717, 1.165) is 25.7 Å². The maximum Gasteiger partial charge on any atom is 0.217 e. The molecule has 51 heteroatoms. The van der Waals surface area contributed by atoms with Crippen LogP contribution >= 0.6 is 0 Å². The monoisotopic (exact) mass is 2100 g/mol. The SMILES string of the molecule is CC(=O)N[C@H]1[C@H](OCCC(C)(C)C)O[C@H](CO)[C@@H](O)[C@@H]1O.CC(C)(C)CCO[C@H]1O[C@H](CO)[C@@H](O)[C@H](O)[C@@H]1O.CC(C)(C)CCO[C@H]1O[C@H](CO)[C@@H](O)[C@H](O)[C@@H]1O[C@H]1O[C@H](CO)[C@@H](O)[C@H](O)[C@@H]1O.CC(C)(C)CCO[C@H]1O[C@H](CO)[C@@H](O)[C@H](O)[C@H]1O.CC(C)(C)CCO[C@H]1O[C@H](CO[C@H]2O[C@H](CO)[C@@H](O)[C@H](O)[C@@H]2O)[C@@H](O)[C@H](O[C@H]2O[C@H](CO)[C@@H](O)[C@H](O)[C@@H]2O)[C@@H]1O.C[C@@H]1O[C@H](OCCC(C)(C)C)[C@@H](O)[C@H](O)[C@@H]1O. The van der Waals surface area contributed by atoms with Gasteiger partial charge in [-0.3, -0.25) is 4.79 Å². The first-order valence-corrected chi connectivity index (χ1v) is 48.5. The maximum absolute atomic E-state index is 11.2. The first-order valence-electron chi connectivity index (χ1n) is 48.5. The van der Waals surface area contributed by atoms with Crippen molar-refractivity contribution in [2.24, 2.45) is 32.5 Å². The van der Waals surface area contributed by atoms with Gasteiger partial charge in [-0.05, 0) is 77.9 Å². The predicted octanol–water partition coefficient (Wildman–Crippen LogP) is -9.92. The average molecular weight is 2100 g/mol. The van der Waals surface area contributed by atoms with E-state index in [1.165, 1.54) is 6.92 Å². The van der Waals surface area contributed by atoms with Crippen molar-refractivity contribution in [1.82, 2.24) is 5.32 Å². The zero-order valence-electron chi connectivity index (χ0n) is 85.7. The molecule has 0 aromatic carbocycles. The molecular weight excluding hydrogens is 1920 g/mol. The third-order valence-electron chi connectivity index (χ3n) is 24.6. The number of aliphatic hydroxyl groups excluding tert-OH is 31. The van der Waals surface area contributed by atoms with Gasteiger partial charge < -0.3 is 249 Å². The zero-order valence-corrected chi connectivity index (χ0v) is 85.7. The molecule has 0 radical (unpaired) electrons. The van der Waals surface area contributed by atoms with Crippen molar-refractivity contribution in [1.29, 1.82) is 0 Å². The van der Waals surface area contributed by atoms with Crippen LogP contribution in [-0.4, -0.2) is 533 Å². The van der Waals surface area contributed by atoms with Gasteiger partial charge in [0.1, 0.15) is 214 Å². The first-order chi connectivity index (χ1) is 66.1. The molecule has 9 aliphatic heterocycles. The second kappa shape index (κ2) is 60.4. The Labute approximate surface area is 834 Å². The highest BCUT2D eigenvalue weighted by molar-refractivity contribution is 5.73. The molecule has 0 spiro atoms. The Morgan fingerprint density at radius 1 is 0.224 bits per heavy atom. The van der Waals surface area contributed by atoms with Crippen LogP contribution in [0.15, 0.2) is 0 Å². The molecular formula is C92H177NO50. The molecule has 32 N–H and O–H groups in total.